The van der Waals surface area contributed by atoms with Crippen LogP contribution in [0.25, 0.3) is 0 Å². The van der Waals surface area contributed by atoms with Gasteiger partial charge >= 0.3 is 5.97 Å². The summed E-state index contributed by atoms with van der Waals surface area (Å²) in [6.45, 7) is 5.81. The van der Waals surface area contributed by atoms with E-state index in [0.717, 1.165) is 93.6 Å². The molecule has 5 rings (SSSR count). The molecule has 1 aromatic carbocycles. The minimum Gasteiger partial charge on any atom is -0.480 e. The van der Waals surface area contributed by atoms with E-state index in [1.54, 1.807) is 0 Å². The zero-order valence-corrected chi connectivity index (χ0v) is 21.5. The molecule has 0 amide bonds. The van der Waals surface area contributed by atoms with Gasteiger partial charge in [0.15, 0.2) is 0 Å². The molecule has 2 unspecified atom stereocenters. The third-order valence-corrected chi connectivity index (χ3v) is 7.50. The molecule has 3 N–H and O–H groups in total. The van der Waals surface area contributed by atoms with Gasteiger partial charge in [0, 0.05) is 18.8 Å². The van der Waals surface area contributed by atoms with Crippen molar-refractivity contribution < 1.29 is 19.7 Å². The molecule has 7 nitrogen and oxygen atoms in total. The van der Waals surface area contributed by atoms with Crippen molar-refractivity contribution in [2.75, 3.05) is 31.6 Å². The number of nitrogens with one attached hydrogen (secondary N) is 1. The van der Waals surface area contributed by atoms with Crippen molar-refractivity contribution in [2.45, 2.75) is 83.5 Å². The SMILES string of the molecule is CCC1Cc2c(cccc2C(C(=O)O)N2CCCC2)CO1.OCCCCc1ccc2c(n1)NCCC2. The number of nitrogens with zero attached hydrogens (tertiary/aromatic N) is 2. The molecule has 3 aliphatic heterocycles. The van der Waals surface area contributed by atoms with Crippen molar-refractivity contribution in [3.05, 3.63) is 58.3 Å². The first-order valence-corrected chi connectivity index (χ1v) is 13.6. The maximum Gasteiger partial charge on any atom is 0.325 e. The fourth-order valence-electron chi connectivity index (χ4n) is 5.46. The van der Waals surface area contributed by atoms with Gasteiger partial charge in [-0.2, -0.15) is 0 Å². The Morgan fingerprint density at radius 1 is 1.17 bits per heavy atom. The Balaban J connectivity index is 0.000000179. The number of aliphatic hydroxyl groups excluding tert-OH is 1. The van der Waals surface area contributed by atoms with Gasteiger partial charge in [0.05, 0.1) is 12.7 Å². The molecule has 1 fully saturated rings. The highest BCUT2D eigenvalue weighted by Crippen LogP contribution is 2.33. The number of likely N-dealkylation sites (tertiary alicyclic amines) is 1. The lowest BCUT2D eigenvalue weighted by Gasteiger charge is -2.31. The minimum absolute atomic E-state index is 0.215. The van der Waals surface area contributed by atoms with E-state index >= 15 is 0 Å². The fraction of sp³-hybridized carbons (Fsp3) is 0.586. The summed E-state index contributed by atoms with van der Waals surface area (Å²) in [6, 6.07) is 9.82. The zero-order valence-electron chi connectivity index (χ0n) is 21.5. The number of carboxylic acids is 1. The Kier molecular flexibility index (Phi) is 9.73. The molecular weight excluding hydrogens is 454 g/mol. The third kappa shape index (κ3) is 6.64. The van der Waals surface area contributed by atoms with Gasteiger partial charge in [-0.3, -0.25) is 9.69 Å². The van der Waals surface area contributed by atoms with Crippen molar-refractivity contribution in [2.24, 2.45) is 0 Å². The number of hydrogen-bond donors (Lipinski definition) is 3. The van der Waals surface area contributed by atoms with Gasteiger partial charge in [-0.1, -0.05) is 31.2 Å². The first-order valence-electron chi connectivity index (χ1n) is 13.6. The Morgan fingerprint density at radius 3 is 2.75 bits per heavy atom. The molecule has 0 aliphatic carbocycles. The largest absolute Gasteiger partial charge is 0.480 e. The van der Waals surface area contributed by atoms with E-state index in [9.17, 15) is 9.90 Å². The zero-order chi connectivity index (χ0) is 25.3. The second kappa shape index (κ2) is 13.2. The van der Waals surface area contributed by atoms with Gasteiger partial charge < -0.3 is 20.3 Å². The fourth-order valence-corrected chi connectivity index (χ4v) is 5.46. The van der Waals surface area contributed by atoms with E-state index in [-0.39, 0.29) is 12.7 Å². The van der Waals surface area contributed by atoms with Gasteiger partial charge in [0.2, 0.25) is 0 Å². The van der Waals surface area contributed by atoms with Crippen molar-refractivity contribution in [1.82, 2.24) is 9.88 Å². The van der Waals surface area contributed by atoms with Gasteiger partial charge in [0.1, 0.15) is 11.9 Å². The second-order valence-electron chi connectivity index (χ2n) is 10.0. The predicted molar refractivity (Wildman–Crippen MR) is 141 cm³/mol. The van der Waals surface area contributed by atoms with Gasteiger partial charge in [-0.25, -0.2) is 4.98 Å². The van der Waals surface area contributed by atoms with Crippen molar-refractivity contribution >= 4 is 11.8 Å². The summed E-state index contributed by atoms with van der Waals surface area (Å²) in [5.41, 5.74) is 5.81. The van der Waals surface area contributed by atoms with E-state index in [4.69, 9.17) is 9.84 Å². The highest BCUT2D eigenvalue weighted by atomic mass is 16.5. The summed E-state index contributed by atoms with van der Waals surface area (Å²) in [5.74, 6) is 0.340. The van der Waals surface area contributed by atoms with E-state index < -0.39 is 12.0 Å². The number of hydrogen-bond acceptors (Lipinski definition) is 6. The summed E-state index contributed by atoms with van der Waals surface area (Å²) in [7, 11) is 0. The first-order chi connectivity index (χ1) is 17.6. The number of aliphatic carboxylic acids is 1. The topological polar surface area (TPSA) is 94.9 Å². The number of pyridine rings is 1. The predicted octanol–water partition coefficient (Wildman–Crippen LogP) is 4.51. The molecule has 196 valence electrons. The van der Waals surface area contributed by atoms with Crippen molar-refractivity contribution in [1.29, 1.82) is 0 Å². The van der Waals surface area contributed by atoms with Gasteiger partial charge in [-0.15, -0.1) is 0 Å². The molecule has 2 atom stereocenters. The van der Waals surface area contributed by atoms with Crippen LogP contribution in [0.3, 0.4) is 0 Å². The molecule has 36 heavy (non-hydrogen) atoms. The number of rotatable bonds is 8. The van der Waals surface area contributed by atoms with Crippen LogP contribution in [-0.4, -0.2) is 58.4 Å². The number of aromatic nitrogens is 1. The number of fused-ring (bicyclic) bond motifs is 2. The Hall–Kier alpha value is -2.48. The summed E-state index contributed by atoms with van der Waals surface area (Å²) in [6.07, 6.45) is 9.41. The molecule has 0 bridgehead atoms. The van der Waals surface area contributed by atoms with E-state index in [1.807, 2.05) is 12.1 Å². The molecule has 1 saturated heterocycles. The maximum atomic E-state index is 11.9. The number of ether oxygens (including phenoxy) is 1. The Labute approximate surface area is 214 Å². The quantitative estimate of drug-likeness (QED) is 0.464. The molecule has 0 spiro atoms. The monoisotopic (exact) mass is 495 g/mol. The summed E-state index contributed by atoms with van der Waals surface area (Å²) < 4.78 is 5.81. The minimum atomic E-state index is -0.732. The molecule has 4 heterocycles. The molecule has 7 heteroatoms. The first kappa shape index (κ1) is 26.6. The van der Waals surface area contributed by atoms with Crippen LogP contribution in [0.5, 0.6) is 0 Å². The van der Waals surface area contributed by atoms with E-state index in [0.29, 0.717) is 6.61 Å². The number of carbonyl (C=O) groups is 1. The van der Waals surface area contributed by atoms with Crippen LogP contribution < -0.4 is 5.32 Å². The van der Waals surface area contributed by atoms with Crippen molar-refractivity contribution in [3.63, 3.8) is 0 Å². The number of unbranched alkanes of at least 4 members (excludes halogenated alkanes) is 1. The maximum absolute atomic E-state index is 11.9. The molecule has 1 aromatic heterocycles. The second-order valence-corrected chi connectivity index (χ2v) is 10.0. The molecule has 2 aromatic rings. The number of anilines is 1. The molecule has 0 radical (unpaired) electrons. The lowest BCUT2D eigenvalue weighted by atomic mass is 9.89. The van der Waals surface area contributed by atoms with E-state index in [1.165, 1.54) is 17.5 Å². The van der Waals surface area contributed by atoms with Crippen LogP contribution in [0.2, 0.25) is 0 Å². The highest BCUT2D eigenvalue weighted by Gasteiger charge is 2.33. The smallest absolute Gasteiger partial charge is 0.325 e. The summed E-state index contributed by atoms with van der Waals surface area (Å²) in [4.78, 5) is 18.5. The molecule has 3 aliphatic rings. The van der Waals surface area contributed by atoms with Gasteiger partial charge in [-0.05, 0) is 99.2 Å². The Morgan fingerprint density at radius 2 is 2.00 bits per heavy atom. The highest BCUT2D eigenvalue weighted by molar-refractivity contribution is 5.76. The number of aliphatic hydroxyl groups is 1. The van der Waals surface area contributed by atoms with Crippen LogP contribution >= 0.6 is 0 Å². The number of aryl methyl sites for hydroxylation is 2. The average molecular weight is 496 g/mol. The molecule has 0 saturated carbocycles. The van der Waals surface area contributed by atoms with Crippen LogP contribution in [0.4, 0.5) is 5.82 Å². The van der Waals surface area contributed by atoms with Gasteiger partial charge in [0.25, 0.3) is 0 Å². The number of benzene rings is 1. The Bertz CT molecular complexity index is 1010. The lowest BCUT2D eigenvalue weighted by molar-refractivity contribution is -0.143. The number of carboxylic acid groups (broad SMARTS) is 1. The van der Waals surface area contributed by atoms with Crippen molar-refractivity contribution in [3.8, 4) is 0 Å². The standard InChI is InChI=1S/C17H23NO3.C12H18N2O/c1-2-13-10-15-12(11-21-13)6-5-7-14(15)16(17(19)20)18-8-3-4-9-18;15-9-2-1-5-11-7-6-10-4-3-8-13-12(10)14-11/h5-7,13,16H,2-4,8-11H2,1H3,(H,19,20);6-7,15H,1-5,8-9H2,(H,13,14). The van der Waals surface area contributed by atoms with Crippen LogP contribution in [0.15, 0.2) is 30.3 Å². The third-order valence-electron chi connectivity index (χ3n) is 7.50. The van der Waals surface area contributed by atoms with Crippen LogP contribution in [0.1, 0.15) is 79.4 Å². The summed E-state index contributed by atoms with van der Waals surface area (Å²) >= 11 is 0. The normalized spacial score (nSPS) is 19.9. The summed E-state index contributed by atoms with van der Waals surface area (Å²) in [5, 5.41) is 21.8. The van der Waals surface area contributed by atoms with Crippen LogP contribution in [0, 0.1) is 0 Å². The van der Waals surface area contributed by atoms with E-state index in [2.05, 4.69) is 40.3 Å². The molecular formula is C29H41N3O4. The lowest BCUT2D eigenvalue weighted by Crippen LogP contribution is -2.34. The average Bonchev–Trinajstić information content (AvgIpc) is 3.43. The van der Waals surface area contributed by atoms with Crippen LogP contribution in [-0.2, 0) is 35.4 Å².